The van der Waals surface area contributed by atoms with Gasteiger partial charge in [0.05, 0.1) is 19.8 Å². The Morgan fingerprint density at radius 1 is 1.30 bits per heavy atom. The molecule has 1 aromatic carbocycles. The zero-order valence-corrected chi connectivity index (χ0v) is 12.9. The largest absolute Gasteiger partial charge is 0.496 e. The minimum atomic E-state index is 0.0354. The van der Waals surface area contributed by atoms with E-state index in [0.717, 1.165) is 16.9 Å². The van der Waals surface area contributed by atoms with Gasteiger partial charge in [-0.2, -0.15) is 0 Å². The van der Waals surface area contributed by atoms with Gasteiger partial charge in [-0.1, -0.05) is 25.8 Å². The Balaban J connectivity index is 2.05. The quantitative estimate of drug-likeness (QED) is 0.890. The summed E-state index contributed by atoms with van der Waals surface area (Å²) in [6, 6.07) is 6.16. The van der Waals surface area contributed by atoms with Gasteiger partial charge in [0.15, 0.2) is 0 Å². The highest BCUT2D eigenvalue weighted by Gasteiger charge is 2.22. The average Bonchev–Trinajstić information content (AvgIpc) is 2.46. The molecule has 0 heterocycles. The molecule has 0 aromatic heterocycles. The van der Waals surface area contributed by atoms with Crippen LogP contribution in [-0.2, 0) is 11.3 Å². The molecule has 1 aromatic rings. The number of rotatable bonds is 5. The summed E-state index contributed by atoms with van der Waals surface area (Å²) in [7, 11) is 1.70. The molecule has 1 aliphatic carbocycles. The molecular weight excluding hydrogens is 250 g/mol. The second-order valence-electron chi connectivity index (χ2n) is 5.97. The van der Waals surface area contributed by atoms with E-state index < -0.39 is 0 Å². The van der Waals surface area contributed by atoms with Crippen LogP contribution in [0.1, 0.15) is 56.7 Å². The second kappa shape index (κ2) is 7.09. The van der Waals surface area contributed by atoms with E-state index in [4.69, 9.17) is 15.2 Å². The number of methoxy groups -OCH3 is 1. The van der Waals surface area contributed by atoms with Crippen LogP contribution in [0.4, 0.5) is 0 Å². The van der Waals surface area contributed by atoms with Crippen LogP contribution in [0.25, 0.3) is 0 Å². The van der Waals surface area contributed by atoms with E-state index in [0.29, 0.717) is 18.6 Å². The lowest BCUT2D eigenvalue weighted by atomic mass is 9.88. The molecule has 3 unspecified atom stereocenters. The fourth-order valence-electron chi connectivity index (χ4n) is 2.92. The first-order valence-electron chi connectivity index (χ1n) is 7.65. The predicted octanol–water partition coefficient (Wildman–Crippen LogP) is 3.81. The Labute approximate surface area is 122 Å². The number of hydrogen-bond acceptors (Lipinski definition) is 3. The van der Waals surface area contributed by atoms with Crippen molar-refractivity contribution in [2.24, 2.45) is 11.7 Å². The Hall–Kier alpha value is -1.06. The Bertz CT molecular complexity index is 431. The minimum absolute atomic E-state index is 0.0354. The topological polar surface area (TPSA) is 44.5 Å². The fraction of sp³-hybridized carbons (Fsp3) is 0.647. The van der Waals surface area contributed by atoms with Gasteiger partial charge in [-0.25, -0.2) is 0 Å². The third-order valence-corrected chi connectivity index (χ3v) is 4.32. The van der Waals surface area contributed by atoms with Crippen LogP contribution < -0.4 is 10.5 Å². The van der Waals surface area contributed by atoms with Crippen molar-refractivity contribution in [3.05, 3.63) is 29.3 Å². The lowest BCUT2D eigenvalue weighted by molar-refractivity contribution is -0.0161. The van der Waals surface area contributed by atoms with Crippen LogP contribution in [-0.4, -0.2) is 13.2 Å². The first-order valence-corrected chi connectivity index (χ1v) is 7.65. The summed E-state index contributed by atoms with van der Waals surface area (Å²) in [5.74, 6) is 1.55. The van der Waals surface area contributed by atoms with Crippen molar-refractivity contribution in [1.29, 1.82) is 0 Å². The lowest BCUT2D eigenvalue weighted by Gasteiger charge is -2.29. The lowest BCUT2D eigenvalue weighted by Crippen LogP contribution is -2.25. The molecule has 0 radical (unpaired) electrons. The van der Waals surface area contributed by atoms with Gasteiger partial charge in [-0.15, -0.1) is 0 Å². The molecule has 1 saturated carbocycles. The zero-order valence-electron chi connectivity index (χ0n) is 12.9. The molecule has 0 bridgehead atoms. The van der Waals surface area contributed by atoms with Gasteiger partial charge in [0.25, 0.3) is 0 Å². The van der Waals surface area contributed by atoms with Gasteiger partial charge in [0.2, 0.25) is 0 Å². The number of benzene rings is 1. The molecule has 3 atom stereocenters. The number of ether oxygens (including phenoxy) is 2. The van der Waals surface area contributed by atoms with E-state index in [-0.39, 0.29) is 6.04 Å². The molecule has 1 aliphatic rings. The highest BCUT2D eigenvalue weighted by molar-refractivity contribution is 5.37. The standard InChI is InChI=1S/C17H27NO2/c1-12-6-4-5-7-16(12)20-11-15-10-14(13(2)18)8-9-17(15)19-3/h8-10,12-13,16H,4-7,11,18H2,1-3H3. The van der Waals surface area contributed by atoms with Crippen molar-refractivity contribution in [1.82, 2.24) is 0 Å². The van der Waals surface area contributed by atoms with Crippen molar-refractivity contribution in [2.75, 3.05) is 7.11 Å². The second-order valence-corrected chi connectivity index (χ2v) is 5.97. The third kappa shape index (κ3) is 3.74. The van der Waals surface area contributed by atoms with E-state index in [1.165, 1.54) is 25.7 Å². The van der Waals surface area contributed by atoms with Gasteiger partial charge >= 0.3 is 0 Å². The highest BCUT2D eigenvalue weighted by atomic mass is 16.5. The van der Waals surface area contributed by atoms with Gasteiger partial charge in [-0.05, 0) is 43.4 Å². The zero-order chi connectivity index (χ0) is 14.5. The van der Waals surface area contributed by atoms with Crippen LogP contribution in [0.15, 0.2) is 18.2 Å². The maximum Gasteiger partial charge on any atom is 0.124 e. The smallest absolute Gasteiger partial charge is 0.124 e. The fourth-order valence-corrected chi connectivity index (χ4v) is 2.92. The van der Waals surface area contributed by atoms with Gasteiger partial charge in [0.1, 0.15) is 5.75 Å². The average molecular weight is 277 g/mol. The molecule has 3 nitrogen and oxygen atoms in total. The van der Waals surface area contributed by atoms with Crippen LogP contribution in [0, 0.1) is 5.92 Å². The van der Waals surface area contributed by atoms with Crippen molar-refractivity contribution >= 4 is 0 Å². The summed E-state index contributed by atoms with van der Waals surface area (Å²) in [4.78, 5) is 0. The van der Waals surface area contributed by atoms with Gasteiger partial charge in [-0.3, -0.25) is 0 Å². The Morgan fingerprint density at radius 2 is 2.05 bits per heavy atom. The van der Waals surface area contributed by atoms with Gasteiger partial charge < -0.3 is 15.2 Å². The summed E-state index contributed by atoms with van der Waals surface area (Å²) < 4.78 is 11.6. The van der Waals surface area contributed by atoms with Crippen molar-refractivity contribution < 1.29 is 9.47 Å². The molecule has 2 N–H and O–H groups in total. The van der Waals surface area contributed by atoms with Gasteiger partial charge in [0, 0.05) is 11.6 Å². The van der Waals surface area contributed by atoms with Crippen LogP contribution >= 0.6 is 0 Å². The molecule has 20 heavy (non-hydrogen) atoms. The molecule has 2 rings (SSSR count). The Kier molecular flexibility index (Phi) is 5.44. The Morgan fingerprint density at radius 3 is 2.70 bits per heavy atom. The summed E-state index contributed by atoms with van der Waals surface area (Å²) in [5.41, 5.74) is 8.18. The van der Waals surface area contributed by atoms with Crippen LogP contribution in [0.3, 0.4) is 0 Å². The van der Waals surface area contributed by atoms with Crippen LogP contribution in [0.5, 0.6) is 5.75 Å². The maximum atomic E-state index is 6.14. The number of nitrogens with two attached hydrogens (primary N) is 1. The maximum absolute atomic E-state index is 6.14. The molecule has 0 amide bonds. The van der Waals surface area contributed by atoms with Crippen molar-refractivity contribution in [3.63, 3.8) is 0 Å². The molecule has 112 valence electrons. The van der Waals surface area contributed by atoms with Crippen molar-refractivity contribution in [3.8, 4) is 5.75 Å². The SMILES string of the molecule is COc1ccc(C(C)N)cc1COC1CCCCC1C. The summed E-state index contributed by atoms with van der Waals surface area (Å²) >= 11 is 0. The number of hydrogen-bond donors (Lipinski definition) is 1. The first kappa shape index (κ1) is 15.3. The molecule has 1 fully saturated rings. The molecule has 3 heteroatoms. The van der Waals surface area contributed by atoms with E-state index in [1.54, 1.807) is 7.11 Å². The van der Waals surface area contributed by atoms with E-state index in [9.17, 15) is 0 Å². The van der Waals surface area contributed by atoms with Crippen LogP contribution in [0.2, 0.25) is 0 Å². The highest BCUT2D eigenvalue weighted by Crippen LogP contribution is 2.29. The third-order valence-electron chi connectivity index (χ3n) is 4.32. The predicted molar refractivity (Wildman–Crippen MR) is 81.8 cm³/mol. The van der Waals surface area contributed by atoms with E-state index in [1.807, 2.05) is 19.1 Å². The van der Waals surface area contributed by atoms with Crippen molar-refractivity contribution in [2.45, 2.75) is 58.3 Å². The monoisotopic (exact) mass is 277 g/mol. The summed E-state index contributed by atoms with van der Waals surface area (Å²) in [6.07, 6.45) is 5.46. The molecular formula is C17H27NO2. The minimum Gasteiger partial charge on any atom is -0.496 e. The van der Waals surface area contributed by atoms with E-state index in [2.05, 4.69) is 13.0 Å². The normalized spacial score (nSPS) is 24.4. The molecule has 0 saturated heterocycles. The summed E-state index contributed by atoms with van der Waals surface area (Å²) in [5, 5.41) is 0. The summed E-state index contributed by atoms with van der Waals surface area (Å²) in [6.45, 7) is 4.90. The van der Waals surface area contributed by atoms with E-state index >= 15 is 0 Å². The molecule has 0 aliphatic heterocycles. The molecule has 0 spiro atoms. The first-order chi connectivity index (χ1) is 9.61.